The Kier molecular flexibility index (Phi) is 9.37. The molecule has 0 fully saturated rings. The van der Waals surface area contributed by atoms with Gasteiger partial charge in [0.05, 0.1) is 5.41 Å². The van der Waals surface area contributed by atoms with Crippen LogP contribution in [0.5, 0.6) is 0 Å². The van der Waals surface area contributed by atoms with Gasteiger partial charge in [0, 0.05) is 6.42 Å². The number of carbonyl (C=O) groups excluding carboxylic acids is 2. The van der Waals surface area contributed by atoms with Gasteiger partial charge in [-0.05, 0) is 37.3 Å². The Morgan fingerprint density at radius 2 is 1.76 bits per heavy atom. The summed E-state index contributed by atoms with van der Waals surface area (Å²) in [6.07, 6.45) is 13.9. The van der Waals surface area contributed by atoms with Crippen molar-refractivity contribution >= 4 is 17.3 Å². The first-order valence-corrected chi connectivity index (χ1v) is 11.2. The number of esters is 1. The van der Waals surface area contributed by atoms with Crippen molar-refractivity contribution in [1.82, 2.24) is 0 Å². The van der Waals surface area contributed by atoms with E-state index in [1.54, 1.807) is 6.92 Å². The average Bonchev–Trinajstić information content (AvgIpc) is 2.74. The minimum absolute atomic E-state index is 0.000693. The highest BCUT2D eigenvalue weighted by Crippen LogP contribution is 2.39. The van der Waals surface area contributed by atoms with Gasteiger partial charge in [-0.15, -0.1) is 0 Å². The Morgan fingerprint density at radius 1 is 1.03 bits per heavy atom. The second kappa shape index (κ2) is 11.7. The third-order valence-corrected chi connectivity index (χ3v) is 5.74. The van der Waals surface area contributed by atoms with Crippen LogP contribution in [0.4, 0.5) is 0 Å². The normalized spacial score (nSPS) is 19.5. The average molecular weight is 397 g/mol. The van der Waals surface area contributed by atoms with Gasteiger partial charge in [0.15, 0.2) is 11.9 Å². The van der Waals surface area contributed by atoms with Gasteiger partial charge in [0.1, 0.15) is 0 Å². The lowest BCUT2D eigenvalue weighted by Crippen LogP contribution is -2.36. The number of Topliss-reactive ketones (excluding diaryl/α,β-unsaturated/α-hetero) is 1. The summed E-state index contributed by atoms with van der Waals surface area (Å²) in [5, 5.41) is 0. The molecule has 0 amide bonds. The van der Waals surface area contributed by atoms with Crippen LogP contribution < -0.4 is 0 Å². The van der Waals surface area contributed by atoms with Crippen molar-refractivity contribution in [3.8, 4) is 0 Å². The lowest BCUT2D eigenvalue weighted by Gasteiger charge is -2.31. The van der Waals surface area contributed by atoms with Crippen molar-refractivity contribution in [2.24, 2.45) is 5.41 Å². The van der Waals surface area contributed by atoms with E-state index in [1.165, 1.54) is 19.3 Å². The molecule has 2 atom stereocenters. The number of allylic oxidation sites excluding steroid dienone is 3. The first-order chi connectivity index (χ1) is 14.0. The molecular formula is C26H36O3. The minimum Gasteiger partial charge on any atom is -0.454 e. The van der Waals surface area contributed by atoms with E-state index in [0.29, 0.717) is 12.8 Å². The van der Waals surface area contributed by atoms with Crippen molar-refractivity contribution in [2.75, 3.05) is 0 Å². The van der Waals surface area contributed by atoms with Crippen LogP contribution in [0.25, 0.3) is 5.57 Å². The number of hydrogen-bond donors (Lipinski definition) is 0. The van der Waals surface area contributed by atoms with E-state index in [0.717, 1.165) is 36.8 Å². The number of unbranched alkanes of at least 4 members (excludes halogenated alkanes) is 4. The second-order valence-corrected chi connectivity index (χ2v) is 8.15. The highest BCUT2D eigenvalue weighted by Gasteiger charge is 2.39. The van der Waals surface area contributed by atoms with Crippen LogP contribution in [0.2, 0.25) is 0 Å². The number of ketones is 1. The van der Waals surface area contributed by atoms with E-state index in [4.69, 9.17) is 4.74 Å². The molecule has 1 aromatic carbocycles. The molecule has 1 aliphatic rings. The predicted octanol–water partition coefficient (Wildman–Crippen LogP) is 6.68. The molecule has 1 aromatic rings. The summed E-state index contributed by atoms with van der Waals surface area (Å²) >= 11 is 0. The van der Waals surface area contributed by atoms with Gasteiger partial charge in [-0.2, -0.15) is 0 Å². The van der Waals surface area contributed by atoms with Gasteiger partial charge in [0.2, 0.25) is 0 Å². The topological polar surface area (TPSA) is 43.4 Å². The zero-order valence-electron chi connectivity index (χ0n) is 18.3. The molecule has 0 saturated heterocycles. The molecule has 0 aromatic heterocycles. The maximum atomic E-state index is 13.1. The van der Waals surface area contributed by atoms with Crippen LogP contribution in [-0.2, 0) is 14.3 Å². The van der Waals surface area contributed by atoms with E-state index >= 15 is 0 Å². The van der Waals surface area contributed by atoms with Gasteiger partial charge in [-0.3, -0.25) is 9.59 Å². The Labute approximate surface area is 176 Å². The van der Waals surface area contributed by atoms with Crippen molar-refractivity contribution < 1.29 is 14.3 Å². The highest BCUT2D eigenvalue weighted by atomic mass is 16.5. The summed E-state index contributed by atoms with van der Waals surface area (Å²) in [7, 11) is 0. The first-order valence-electron chi connectivity index (χ1n) is 11.2. The van der Waals surface area contributed by atoms with Crippen LogP contribution in [0.3, 0.4) is 0 Å². The fourth-order valence-corrected chi connectivity index (χ4v) is 3.80. The molecule has 0 radical (unpaired) electrons. The van der Waals surface area contributed by atoms with Crippen molar-refractivity contribution in [3.63, 3.8) is 0 Å². The summed E-state index contributed by atoms with van der Waals surface area (Å²) in [6, 6.07) is 10.2. The van der Waals surface area contributed by atoms with Gasteiger partial charge in [-0.1, -0.05) is 94.5 Å². The summed E-state index contributed by atoms with van der Waals surface area (Å²) in [5.41, 5.74) is 1.63. The highest BCUT2D eigenvalue weighted by molar-refractivity contribution is 5.88. The third kappa shape index (κ3) is 6.69. The van der Waals surface area contributed by atoms with Gasteiger partial charge in [0.25, 0.3) is 0 Å². The van der Waals surface area contributed by atoms with Crippen LogP contribution in [-0.4, -0.2) is 17.9 Å². The SMILES string of the molecule is CCCCCCCC1(C(=O)OC(C)C(=O)CCC)C=CC(c2ccccc2)=CC1. The molecule has 0 spiro atoms. The first kappa shape index (κ1) is 23.1. The van der Waals surface area contributed by atoms with Gasteiger partial charge < -0.3 is 4.74 Å². The smallest absolute Gasteiger partial charge is 0.316 e. The molecule has 0 N–H and O–H groups in total. The molecule has 1 aliphatic carbocycles. The van der Waals surface area contributed by atoms with Crippen LogP contribution in [0, 0.1) is 5.41 Å². The van der Waals surface area contributed by atoms with Gasteiger partial charge >= 0.3 is 5.97 Å². The predicted molar refractivity (Wildman–Crippen MR) is 119 cm³/mol. The summed E-state index contributed by atoms with van der Waals surface area (Å²) in [5.74, 6) is -0.260. The monoisotopic (exact) mass is 396 g/mol. The Morgan fingerprint density at radius 3 is 2.38 bits per heavy atom. The zero-order valence-corrected chi connectivity index (χ0v) is 18.3. The zero-order chi connectivity index (χ0) is 21.1. The van der Waals surface area contributed by atoms with Crippen molar-refractivity contribution in [1.29, 1.82) is 0 Å². The fourth-order valence-electron chi connectivity index (χ4n) is 3.80. The molecule has 0 saturated carbocycles. The number of hydrogen-bond acceptors (Lipinski definition) is 3. The van der Waals surface area contributed by atoms with E-state index < -0.39 is 11.5 Å². The van der Waals surface area contributed by atoms with E-state index in [9.17, 15) is 9.59 Å². The molecule has 158 valence electrons. The lowest BCUT2D eigenvalue weighted by molar-refractivity contribution is -0.162. The number of carbonyl (C=O) groups is 2. The summed E-state index contributed by atoms with van der Waals surface area (Å²) in [4.78, 5) is 25.3. The van der Waals surface area contributed by atoms with E-state index in [1.807, 2.05) is 37.3 Å². The summed E-state index contributed by atoms with van der Waals surface area (Å²) < 4.78 is 5.66. The molecule has 0 heterocycles. The lowest BCUT2D eigenvalue weighted by atomic mass is 9.75. The molecule has 0 aliphatic heterocycles. The minimum atomic E-state index is -0.674. The molecule has 29 heavy (non-hydrogen) atoms. The van der Waals surface area contributed by atoms with Crippen LogP contribution in [0.15, 0.2) is 48.6 Å². The van der Waals surface area contributed by atoms with Crippen LogP contribution >= 0.6 is 0 Å². The molecule has 3 heteroatoms. The molecular weight excluding hydrogens is 360 g/mol. The maximum Gasteiger partial charge on any atom is 0.316 e. The number of rotatable bonds is 12. The molecule has 0 bridgehead atoms. The second-order valence-electron chi connectivity index (χ2n) is 8.15. The summed E-state index contributed by atoms with van der Waals surface area (Å²) in [6.45, 7) is 5.86. The van der Waals surface area contributed by atoms with Crippen LogP contribution in [0.1, 0.15) is 84.1 Å². The quantitative estimate of drug-likeness (QED) is 0.292. The molecule has 3 nitrogen and oxygen atoms in total. The number of benzene rings is 1. The van der Waals surface area contributed by atoms with E-state index in [-0.39, 0.29) is 11.8 Å². The van der Waals surface area contributed by atoms with E-state index in [2.05, 4.69) is 25.1 Å². The van der Waals surface area contributed by atoms with Crippen molar-refractivity contribution in [2.45, 2.75) is 84.7 Å². The number of ether oxygens (including phenoxy) is 1. The molecule has 2 rings (SSSR count). The fraction of sp³-hybridized carbons (Fsp3) is 0.538. The Bertz CT molecular complexity index is 717. The third-order valence-electron chi connectivity index (χ3n) is 5.74. The van der Waals surface area contributed by atoms with Gasteiger partial charge in [-0.25, -0.2) is 0 Å². The molecule has 2 unspecified atom stereocenters. The maximum absolute atomic E-state index is 13.1. The standard InChI is InChI=1S/C26H36O3/c1-4-6-7-8-12-18-26(25(28)29-21(3)24(27)13-5-2)19-16-23(17-20-26)22-14-10-9-11-15-22/h9-11,14-17,19,21H,4-8,12-13,18,20H2,1-3H3. The largest absolute Gasteiger partial charge is 0.454 e. The Balaban J connectivity index is 2.10. The Hall–Kier alpha value is -2.16. The van der Waals surface area contributed by atoms with Crippen molar-refractivity contribution in [3.05, 3.63) is 54.1 Å².